The first-order valence-corrected chi connectivity index (χ1v) is 4.45. The molecule has 1 unspecified atom stereocenters. The van der Waals surface area contributed by atoms with Gasteiger partial charge in [0.05, 0.1) is 0 Å². The Labute approximate surface area is 66.7 Å². The molecule has 2 nitrogen and oxygen atoms in total. The molecular formula is C9H13NO. The maximum absolute atomic E-state index is 10.4. The third-order valence-electron chi connectivity index (χ3n) is 2.88. The van der Waals surface area contributed by atoms with Crippen LogP contribution in [0.3, 0.4) is 0 Å². The number of hydrogen-bond donors (Lipinski definition) is 0. The molecule has 0 aliphatic heterocycles. The molecule has 0 amide bonds. The average molecular weight is 151 g/mol. The van der Waals surface area contributed by atoms with Gasteiger partial charge < -0.3 is 0 Å². The van der Waals surface area contributed by atoms with Crippen molar-refractivity contribution in [3.63, 3.8) is 0 Å². The summed E-state index contributed by atoms with van der Waals surface area (Å²) >= 11 is 0. The van der Waals surface area contributed by atoms with E-state index < -0.39 is 0 Å². The first kappa shape index (κ1) is 7.01. The summed E-state index contributed by atoms with van der Waals surface area (Å²) in [6.45, 7) is 0. The van der Waals surface area contributed by atoms with E-state index in [4.69, 9.17) is 0 Å². The van der Waals surface area contributed by atoms with Crippen molar-refractivity contribution < 1.29 is 0 Å². The number of rotatable bonds is 1. The molecule has 0 heterocycles. The van der Waals surface area contributed by atoms with E-state index >= 15 is 0 Å². The fraction of sp³-hybridized carbons (Fsp3) is 0.778. The van der Waals surface area contributed by atoms with Crippen LogP contribution in [0.25, 0.3) is 0 Å². The van der Waals surface area contributed by atoms with E-state index in [1.807, 2.05) is 0 Å². The summed E-state index contributed by atoms with van der Waals surface area (Å²) in [7, 11) is 0. The molecule has 0 N–H and O–H groups in total. The van der Waals surface area contributed by atoms with Crippen LogP contribution in [-0.4, -0.2) is 6.04 Å². The van der Waals surface area contributed by atoms with E-state index in [1.165, 1.54) is 24.8 Å². The van der Waals surface area contributed by atoms with Gasteiger partial charge in [0.25, 0.3) is 0 Å². The molecule has 11 heavy (non-hydrogen) atoms. The lowest BCUT2D eigenvalue weighted by Crippen LogP contribution is -2.04. The van der Waals surface area contributed by atoms with Gasteiger partial charge in [0.15, 0.2) is 0 Å². The van der Waals surface area contributed by atoms with Crippen LogP contribution < -0.4 is 0 Å². The predicted molar refractivity (Wildman–Crippen MR) is 44.3 cm³/mol. The lowest BCUT2D eigenvalue weighted by atomic mass is 9.93. The lowest BCUT2D eigenvalue weighted by molar-refractivity contribution is 0.653. The normalized spacial score (nSPS) is 30.4. The molecule has 2 aliphatic rings. The van der Waals surface area contributed by atoms with Crippen LogP contribution in [0.15, 0.2) is 16.3 Å². The van der Waals surface area contributed by atoms with Gasteiger partial charge in [-0.05, 0) is 44.1 Å². The standard InChI is InChI=1S/C9H13NO/c11-10-9-6-5-7-3-1-2-4-8(7)9/h9H,1-6H2. The van der Waals surface area contributed by atoms with Crippen molar-refractivity contribution in [2.75, 3.05) is 0 Å². The smallest absolute Gasteiger partial charge is 0.113 e. The van der Waals surface area contributed by atoms with Gasteiger partial charge in [-0.3, -0.25) is 0 Å². The molecule has 0 spiro atoms. The Morgan fingerprint density at radius 1 is 1.18 bits per heavy atom. The molecular weight excluding hydrogens is 138 g/mol. The van der Waals surface area contributed by atoms with Gasteiger partial charge in [0.1, 0.15) is 6.04 Å². The summed E-state index contributed by atoms with van der Waals surface area (Å²) in [6.07, 6.45) is 7.11. The van der Waals surface area contributed by atoms with E-state index in [0.29, 0.717) is 0 Å². The van der Waals surface area contributed by atoms with Gasteiger partial charge in [0, 0.05) is 0 Å². The first-order chi connectivity index (χ1) is 5.42. The van der Waals surface area contributed by atoms with Crippen LogP contribution in [0.1, 0.15) is 38.5 Å². The van der Waals surface area contributed by atoms with Crippen LogP contribution in [0.2, 0.25) is 0 Å². The second-order valence-corrected chi connectivity index (χ2v) is 3.50. The summed E-state index contributed by atoms with van der Waals surface area (Å²) in [5.41, 5.74) is 2.95. The largest absolute Gasteiger partial charge is 0.150 e. The molecule has 2 heteroatoms. The van der Waals surface area contributed by atoms with Crippen molar-refractivity contribution in [2.24, 2.45) is 5.18 Å². The van der Waals surface area contributed by atoms with Crippen molar-refractivity contribution in [3.8, 4) is 0 Å². The highest BCUT2D eigenvalue weighted by Gasteiger charge is 2.27. The highest BCUT2D eigenvalue weighted by molar-refractivity contribution is 5.27. The van der Waals surface area contributed by atoms with Gasteiger partial charge in [-0.1, -0.05) is 10.7 Å². The second kappa shape index (κ2) is 2.76. The van der Waals surface area contributed by atoms with E-state index in [2.05, 4.69) is 5.18 Å². The van der Waals surface area contributed by atoms with Gasteiger partial charge in [-0.15, -0.1) is 0 Å². The maximum atomic E-state index is 10.4. The molecule has 1 atom stereocenters. The highest BCUT2D eigenvalue weighted by Crippen LogP contribution is 2.38. The summed E-state index contributed by atoms with van der Waals surface area (Å²) in [5, 5.41) is 3.16. The van der Waals surface area contributed by atoms with Crippen molar-refractivity contribution in [3.05, 3.63) is 16.1 Å². The molecule has 0 aromatic rings. The molecule has 0 radical (unpaired) electrons. The highest BCUT2D eigenvalue weighted by atomic mass is 16.3. The van der Waals surface area contributed by atoms with E-state index in [0.717, 1.165) is 19.3 Å². The molecule has 0 saturated heterocycles. The number of hydrogen-bond acceptors (Lipinski definition) is 2. The number of allylic oxidation sites excluding steroid dienone is 1. The average Bonchev–Trinajstić information content (AvgIpc) is 2.47. The van der Waals surface area contributed by atoms with Crippen molar-refractivity contribution in [2.45, 2.75) is 44.6 Å². The minimum absolute atomic E-state index is 0.0605. The SMILES string of the molecule is O=NC1CCC2=C1CCCC2. The first-order valence-electron chi connectivity index (χ1n) is 4.45. The fourth-order valence-electron chi connectivity index (χ4n) is 2.28. The Bertz CT molecular complexity index is 208. The molecule has 2 aliphatic carbocycles. The summed E-state index contributed by atoms with van der Waals surface area (Å²) < 4.78 is 0. The van der Waals surface area contributed by atoms with Gasteiger partial charge in [-0.25, -0.2) is 0 Å². The van der Waals surface area contributed by atoms with Crippen LogP contribution in [0, 0.1) is 4.91 Å². The second-order valence-electron chi connectivity index (χ2n) is 3.50. The zero-order valence-corrected chi connectivity index (χ0v) is 6.68. The predicted octanol–water partition coefficient (Wildman–Crippen LogP) is 2.79. The third-order valence-corrected chi connectivity index (χ3v) is 2.88. The van der Waals surface area contributed by atoms with Gasteiger partial charge in [0.2, 0.25) is 0 Å². The molecule has 0 aromatic carbocycles. The van der Waals surface area contributed by atoms with E-state index in [1.54, 1.807) is 5.57 Å². The minimum Gasteiger partial charge on any atom is -0.150 e. The monoisotopic (exact) mass is 151 g/mol. The Kier molecular flexibility index (Phi) is 1.76. The van der Waals surface area contributed by atoms with Gasteiger partial charge >= 0.3 is 0 Å². The molecule has 60 valence electrons. The van der Waals surface area contributed by atoms with E-state index in [-0.39, 0.29) is 6.04 Å². The van der Waals surface area contributed by atoms with Crippen LogP contribution >= 0.6 is 0 Å². The van der Waals surface area contributed by atoms with Gasteiger partial charge in [-0.2, -0.15) is 4.91 Å². The fourth-order valence-corrected chi connectivity index (χ4v) is 2.28. The van der Waals surface area contributed by atoms with Crippen LogP contribution in [0.4, 0.5) is 0 Å². The zero-order chi connectivity index (χ0) is 7.68. The Balaban J connectivity index is 2.21. The van der Waals surface area contributed by atoms with E-state index in [9.17, 15) is 4.91 Å². The van der Waals surface area contributed by atoms with Crippen LogP contribution in [0.5, 0.6) is 0 Å². The minimum atomic E-state index is 0.0605. The molecule has 0 fully saturated rings. The maximum Gasteiger partial charge on any atom is 0.113 e. The summed E-state index contributed by atoms with van der Waals surface area (Å²) in [4.78, 5) is 10.4. The Hall–Kier alpha value is -0.660. The summed E-state index contributed by atoms with van der Waals surface area (Å²) in [5.74, 6) is 0. The third kappa shape index (κ3) is 1.10. The molecule has 0 saturated carbocycles. The Morgan fingerprint density at radius 2 is 2.00 bits per heavy atom. The lowest BCUT2D eigenvalue weighted by Gasteiger charge is -2.14. The number of nitroso groups, excluding NO2 is 1. The topological polar surface area (TPSA) is 29.4 Å². The summed E-state index contributed by atoms with van der Waals surface area (Å²) in [6, 6.07) is 0.0605. The number of nitrogens with zero attached hydrogens (tertiary/aromatic N) is 1. The quantitative estimate of drug-likeness (QED) is 0.418. The molecule has 0 aromatic heterocycles. The van der Waals surface area contributed by atoms with Crippen molar-refractivity contribution in [1.29, 1.82) is 0 Å². The van der Waals surface area contributed by atoms with Crippen LogP contribution in [-0.2, 0) is 0 Å². The van der Waals surface area contributed by atoms with Crippen molar-refractivity contribution >= 4 is 0 Å². The molecule has 0 bridgehead atoms. The zero-order valence-electron chi connectivity index (χ0n) is 6.68. The Morgan fingerprint density at radius 3 is 2.82 bits per heavy atom. The molecule has 2 rings (SSSR count). The van der Waals surface area contributed by atoms with Crippen molar-refractivity contribution in [1.82, 2.24) is 0 Å².